The maximum absolute atomic E-state index is 4.59. The van der Waals surface area contributed by atoms with Gasteiger partial charge in [0.05, 0.1) is 5.71 Å². The van der Waals surface area contributed by atoms with E-state index in [1.807, 2.05) is 26.8 Å². The van der Waals surface area contributed by atoms with E-state index in [0.717, 1.165) is 6.42 Å². The van der Waals surface area contributed by atoms with Crippen molar-refractivity contribution in [1.82, 2.24) is 0 Å². The number of allylic oxidation sites excluding steroid dienone is 6. The fourth-order valence-corrected chi connectivity index (χ4v) is 1.97. The largest absolute Gasteiger partial charge is 0.256 e. The fourth-order valence-electron chi connectivity index (χ4n) is 1.97. The number of nitrogens with zero attached hydrogens (tertiary/aromatic N) is 1. The number of hydrogen-bond acceptors (Lipinski definition) is 1. The van der Waals surface area contributed by atoms with Crippen molar-refractivity contribution >= 4 is 5.71 Å². The molecule has 1 heteroatoms. The normalized spacial score (nSPS) is 16.6. The molecule has 0 atom stereocenters. The van der Waals surface area contributed by atoms with Crippen LogP contribution in [0, 0.1) is 6.92 Å². The molecule has 0 fully saturated rings. The van der Waals surface area contributed by atoms with Crippen LogP contribution in [0.4, 0.5) is 0 Å². The highest BCUT2D eigenvalue weighted by atomic mass is 14.8. The van der Waals surface area contributed by atoms with Crippen LogP contribution in [0.5, 0.6) is 0 Å². The zero-order valence-electron chi connectivity index (χ0n) is 13.3. The second-order valence-electron chi connectivity index (χ2n) is 4.68. The topological polar surface area (TPSA) is 12.4 Å². The Morgan fingerprint density at radius 2 is 1.95 bits per heavy atom. The Labute approximate surface area is 123 Å². The number of aryl methyl sites for hydroxylation is 1. The highest BCUT2D eigenvalue weighted by Gasteiger charge is 2.15. The molecule has 0 aliphatic carbocycles. The van der Waals surface area contributed by atoms with Crippen LogP contribution in [0.2, 0.25) is 0 Å². The van der Waals surface area contributed by atoms with Crippen LogP contribution < -0.4 is 0 Å². The summed E-state index contributed by atoms with van der Waals surface area (Å²) < 4.78 is 0. The van der Waals surface area contributed by atoms with E-state index in [9.17, 15) is 0 Å². The summed E-state index contributed by atoms with van der Waals surface area (Å²) in [6.45, 7) is 10.2. The van der Waals surface area contributed by atoms with Crippen molar-refractivity contribution in [3.05, 3.63) is 71.0 Å². The van der Waals surface area contributed by atoms with Crippen molar-refractivity contribution < 1.29 is 0 Å². The van der Waals surface area contributed by atoms with Gasteiger partial charge < -0.3 is 0 Å². The Kier molecular flexibility index (Phi) is 6.72. The molecule has 1 aromatic carbocycles. The second-order valence-corrected chi connectivity index (χ2v) is 4.68. The molecule has 1 aliphatic rings. The van der Waals surface area contributed by atoms with Gasteiger partial charge in [0, 0.05) is 12.1 Å². The summed E-state index contributed by atoms with van der Waals surface area (Å²) in [5, 5.41) is 0. The molecule has 0 saturated carbocycles. The Morgan fingerprint density at radius 1 is 1.25 bits per heavy atom. The predicted octanol–water partition coefficient (Wildman–Crippen LogP) is 5.62. The Morgan fingerprint density at radius 3 is 2.55 bits per heavy atom. The standard InChI is InChI=1S/C17H19N.C2H6/c1-4-5-7-14(3)11-16-12-17(18-16)15-9-6-8-13(2)10-15;1-2/h4-11H,12H2,1-3H3;1-2H3/b5-4+,14-7-,16-11+;. The maximum atomic E-state index is 4.59. The summed E-state index contributed by atoms with van der Waals surface area (Å²) in [5.74, 6) is 0. The lowest BCUT2D eigenvalue weighted by molar-refractivity contribution is 1.09. The molecule has 0 aromatic heterocycles. The van der Waals surface area contributed by atoms with Gasteiger partial charge in [0.1, 0.15) is 0 Å². The third-order valence-corrected chi connectivity index (χ3v) is 2.92. The quantitative estimate of drug-likeness (QED) is 0.630. The smallest absolute Gasteiger partial charge is 0.0538 e. The first kappa shape index (κ1) is 16.2. The van der Waals surface area contributed by atoms with Crippen LogP contribution in [0.1, 0.15) is 45.2 Å². The lowest BCUT2D eigenvalue weighted by atomic mass is 9.98. The molecule has 1 nitrogen and oxygen atoms in total. The van der Waals surface area contributed by atoms with E-state index in [-0.39, 0.29) is 0 Å². The van der Waals surface area contributed by atoms with Gasteiger partial charge >= 0.3 is 0 Å². The predicted molar refractivity (Wildman–Crippen MR) is 90.3 cm³/mol. The number of hydrogen-bond donors (Lipinski definition) is 0. The average Bonchev–Trinajstić information content (AvgIpc) is 2.42. The molecule has 1 heterocycles. The summed E-state index contributed by atoms with van der Waals surface area (Å²) in [4.78, 5) is 4.59. The van der Waals surface area contributed by atoms with Gasteiger partial charge in [-0.25, -0.2) is 0 Å². The SMILES string of the molecule is C/C=C/C=C(C)\C=C1/CC(c2cccc(C)c2)=N1.CC. The molecule has 0 amide bonds. The van der Waals surface area contributed by atoms with E-state index >= 15 is 0 Å². The van der Waals surface area contributed by atoms with E-state index in [1.54, 1.807) is 0 Å². The van der Waals surface area contributed by atoms with Crippen molar-refractivity contribution in [1.29, 1.82) is 0 Å². The Bertz CT molecular complexity index is 557. The zero-order chi connectivity index (χ0) is 15.0. The summed E-state index contributed by atoms with van der Waals surface area (Å²) in [6.07, 6.45) is 9.32. The molecule has 20 heavy (non-hydrogen) atoms. The molecule has 0 spiro atoms. The van der Waals surface area contributed by atoms with Gasteiger partial charge in [-0.15, -0.1) is 0 Å². The molecule has 106 valence electrons. The van der Waals surface area contributed by atoms with Crippen LogP contribution in [0.15, 0.2) is 64.8 Å². The average molecular weight is 267 g/mol. The van der Waals surface area contributed by atoms with E-state index in [2.05, 4.69) is 61.3 Å². The first-order valence-corrected chi connectivity index (χ1v) is 7.34. The number of rotatable bonds is 3. The first-order chi connectivity index (χ1) is 9.69. The van der Waals surface area contributed by atoms with E-state index in [4.69, 9.17) is 0 Å². The summed E-state index contributed by atoms with van der Waals surface area (Å²) in [6, 6.07) is 8.53. The van der Waals surface area contributed by atoms with Gasteiger partial charge in [-0.3, -0.25) is 4.99 Å². The monoisotopic (exact) mass is 267 g/mol. The molecule has 1 aliphatic heterocycles. The van der Waals surface area contributed by atoms with Crippen LogP contribution in [0.3, 0.4) is 0 Å². The molecule has 2 rings (SSSR count). The van der Waals surface area contributed by atoms with Gasteiger partial charge in [0.25, 0.3) is 0 Å². The fraction of sp³-hybridized carbons (Fsp3) is 0.316. The van der Waals surface area contributed by atoms with Crippen LogP contribution in [-0.2, 0) is 0 Å². The summed E-state index contributed by atoms with van der Waals surface area (Å²) in [7, 11) is 0. The third kappa shape index (κ3) is 4.65. The van der Waals surface area contributed by atoms with Crippen LogP contribution >= 0.6 is 0 Å². The highest BCUT2D eigenvalue weighted by molar-refractivity contribution is 6.06. The number of aliphatic imine (C=N–C) groups is 1. The molecule has 0 radical (unpaired) electrons. The minimum absolute atomic E-state index is 0.977. The first-order valence-electron chi connectivity index (χ1n) is 7.34. The van der Waals surface area contributed by atoms with E-state index in [0.29, 0.717) is 0 Å². The van der Waals surface area contributed by atoms with Crippen molar-refractivity contribution in [2.24, 2.45) is 4.99 Å². The van der Waals surface area contributed by atoms with Crippen molar-refractivity contribution in [3.8, 4) is 0 Å². The molecule has 0 bridgehead atoms. The minimum atomic E-state index is 0.977. The van der Waals surface area contributed by atoms with Gasteiger partial charge in [-0.2, -0.15) is 0 Å². The van der Waals surface area contributed by atoms with Gasteiger partial charge in [-0.05, 0) is 38.0 Å². The Hall–Kier alpha value is -1.89. The van der Waals surface area contributed by atoms with Gasteiger partial charge in [-0.1, -0.05) is 61.9 Å². The van der Waals surface area contributed by atoms with Crippen LogP contribution in [-0.4, -0.2) is 5.71 Å². The van der Waals surface area contributed by atoms with Crippen molar-refractivity contribution in [2.75, 3.05) is 0 Å². The van der Waals surface area contributed by atoms with Crippen molar-refractivity contribution in [3.63, 3.8) is 0 Å². The molecule has 0 saturated heterocycles. The summed E-state index contributed by atoms with van der Waals surface area (Å²) >= 11 is 0. The lowest BCUT2D eigenvalue weighted by Gasteiger charge is -2.17. The minimum Gasteiger partial charge on any atom is -0.256 e. The third-order valence-electron chi connectivity index (χ3n) is 2.92. The number of benzene rings is 1. The molecule has 0 unspecified atom stereocenters. The highest BCUT2D eigenvalue weighted by Crippen LogP contribution is 2.24. The second kappa shape index (κ2) is 8.31. The van der Waals surface area contributed by atoms with Crippen LogP contribution in [0.25, 0.3) is 0 Å². The zero-order valence-corrected chi connectivity index (χ0v) is 13.3. The molecular weight excluding hydrogens is 242 g/mol. The molecule has 0 N–H and O–H groups in total. The molecular formula is C19H25N. The van der Waals surface area contributed by atoms with Crippen molar-refractivity contribution in [2.45, 2.75) is 41.0 Å². The van der Waals surface area contributed by atoms with E-state index in [1.165, 1.54) is 28.1 Å². The van der Waals surface area contributed by atoms with Gasteiger partial charge in [0.2, 0.25) is 0 Å². The lowest BCUT2D eigenvalue weighted by Crippen LogP contribution is -2.12. The van der Waals surface area contributed by atoms with Gasteiger partial charge in [0.15, 0.2) is 0 Å². The summed E-state index contributed by atoms with van der Waals surface area (Å²) in [5.41, 5.74) is 6.16. The maximum Gasteiger partial charge on any atom is 0.0538 e. The molecule has 1 aromatic rings. The Balaban J connectivity index is 0.000000956. The van der Waals surface area contributed by atoms with E-state index < -0.39 is 0 Å².